The fourth-order valence-corrected chi connectivity index (χ4v) is 3.33. The summed E-state index contributed by atoms with van der Waals surface area (Å²) < 4.78 is 0. The average molecular weight is 298 g/mol. The number of hydrogen-bond acceptors (Lipinski definition) is 5. The maximum absolute atomic E-state index is 4.39. The zero-order valence-electron chi connectivity index (χ0n) is 13.2. The molecule has 1 N–H and O–H groups in total. The van der Waals surface area contributed by atoms with Crippen LogP contribution in [0.3, 0.4) is 0 Å². The molecule has 3 heterocycles. The lowest BCUT2D eigenvalue weighted by atomic mass is 10.1. The predicted octanol–water partition coefficient (Wildman–Crippen LogP) is 1.32. The molecule has 2 aromatic rings. The van der Waals surface area contributed by atoms with Crippen molar-refractivity contribution in [3.63, 3.8) is 0 Å². The third-order valence-electron chi connectivity index (χ3n) is 4.79. The molecule has 4 rings (SSSR count). The minimum Gasteiger partial charge on any atom is -0.352 e. The van der Waals surface area contributed by atoms with Gasteiger partial charge >= 0.3 is 0 Å². The second-order valence-corrected chi connectivity index (χ2v) is 6.54. The Kier molecular flexibility index (Phi) is 3.33. The molecule has 1 saturated heterocycles. The SMILES string of the molecule is Cc1cc(CN(C)C2CN(c3cc4c(nn3)CCC4)C2)n[nH]1. The molecule has 0 saturated carbocycles. The summed E-state index contributed by atoms with van der Waals surface area (Å²) in [7, 11) is 2.17. The van der Waals surface area contributed by atoms with E-state index in [2.05, 4.69) is 49.4 Å². The number of fused-ring (bicyclic) bond motifs is 1. The maximum atomic E-state index is 4.39. The van der Waals surface area contributed by atoms with Crippen LogP contribution in [-0.2, 0) is 19.4 Å². The van der Waals surface area contributed by atoms with E-state index in [1.54, 1.807) is 0 Å². The van der Waals surface area contributed by atoms with Crippen molar-refractivity contribution in [1.29, 1.82) is 0 Å². The molecular weight excluding hydrogens is 276 g/mol. The van der Waals surface area contributed by atoms with Crippen molar-refractivity contribution < 1.29 is 0 Å². The number of aromatic nitrogens is 4. The molecule has 0 aromatic carbocycles. The topological polar surface area (TPSA) is 60.9 Å². The standard InChI is InChI=1S/C16H22N6/c1-11-6-13(18-17-11)8-21(2)14-9-22(10-14)16-7-12-4-3-5-15(12)19-20-16/h6-7,14H,3-5,8-10H2,1-2H3,(H,17,18). The van der Waals surface area contributed by atoms with Gasteiger partial charge in [-0.2, -0.15) is 10.2 Å². The summed E-state index contributed by atoms with van der Waals surface area (Å²) in [5, 5.41) is 16.1. The number of hydrogen-bond donors (Lipinski definition) is 1. The predicted molar refractivity (Wildman–Crippen MR) is 84.8 cm³/mol. The minimum atomic E-state index is 0.562. The van der Waals surface area contributed by atoms with Crippen LogP contribution in [0.2, 0.25) is 0 Å². The van der Waals surface area contributed by atoms with Crippen molar-refractivity contribution in [3.8, 4) is 0 Å². The zero-order valence-corrected chi connectivity index (χ0v) is 13.2. The maximum Gasteiger partial charge on any atom is 0.151 e. The van der Waals surface area contributed by atoms with Crippen molar-refractivity contribution in [3.05, 3.63) is 34.8 Å². The molecule has 2 aromatic heterocycles. The first kappa shape index (κ1) is 13.7. The second kappa shape index (κ2) is 5.35. The normalized spacial score (nSPS) is 17.9. The smallest absolute Gasteiger partial charge is 0.151 e. The third kappa shape index (κ3) is 2.47. The van der Waals surface area contributed by atoms with Gasteiger partial charge in [-0.05, 0) is 50.9 Å². The van der Waals surface area contributed by atoms with Crippen LogP contribution < -0.4 is 4.90 Å². The average Bonchev–Trinajstić information content (AvgIpc) is 3.05. The van der Waals surface area contributed by atoms with Gasteiger partial charge in [-0.25, -0.2) is 0 Å². The van der Waals surface area contributed by atoms with E-state index in [1.165, 1.54) is 17.7 Å². The zero-order chi connectivity index (χ0) is 15.1. The lowest BCUT2D eigenvalue weighted by Crippen LogP contribution is -2.58. The summed E-state index contributed by atoms with van der Waals surface area (Å²) in [6, 6.07) is 4.91. The number of aromatic amines is 1. The van der Waals surface area contributed by atoms with E-state index in [4.69, 9.17) is 0 Å². The number of H-pyrrole nitrogens is 1. The van der Waals surface area contributed by atoms with Crippen molar-refractivity contribution >= 4 is 5.82 Å². The van der Waals surface area contributed by atoms with Crippen LogP contribution in [-0.4, -0.2) is 51.5 Å². The Morgan fingerprint density at radius 3 is 2.91 bits per heavy atom. The molecule has 116 valence electrons. The fraction of sp³-hybridized carbons (Fsp3) is 0.562. The van der Waals surface area contributed by atoms with E-state index < -0.39 is 0 Å². The molecule has 1 fully saturated rings. The molecule has 22 heavy (non-hydrogen) atoms. The molecule has 6 nitrogen and oxygen atoms in total. The molecule has 0 atom stereocenters. The van der Waals surface area contributed by atoms with E-state index in [-0.39, 0.29) is 0 Å². The van der Waals surface area contributed by atoms with E-state index >= 15 is 0 Å². The van der Waals surface area contributed by atoms with Crippen LogP contribution in [0.4, 0.5) is 5.82 Å². The highest BCUT2D eigenvalue weighted by molar-refractivity contribution is 5.45. The Bertz CT molecular complexity index is 673. The van der Waals surface area contributed by atoms with Crippen LogP contribution in [0.5, 0.6) is 0 Å². The molecule has 0 spiro atoms. The van der Waals surface area contributed by atoms with Gasteiger partial charge in [0.25, 0.3) is 0 Å². The molecule has 0 amide bonds. The van der Waals surface area contributed by atoms with Gasteiger partial charge in [0, 0.05) is 31.4 Å². The van der Waals surface area contributed by atoms with Crippen LogP contribution >= 0.6 is 0 Å². The van der Waals surface area contributed by atoms with E-state index in [0.29, 0.717) is 6.04 Å². The molecular formula is C16H22N6. The Labute approximate surface area is 130 Å². The largest absolute Gasteiger partial charge is 0.352 e. The van der Waals surface area contributed by atoms with Gasteiger partial charge in [-0.3, -0.25) is 10.00 Å². The Morgan fingerprint density at radius 1 is 1.27 bits per heavy atom. The summed E-state index contributed by atoms with van der Waals surface area (Å²) in [5.41, 5.74) is 4.82. The first-order valence-corrected chi connectivity index (χ1v) is 8.00. The van der Waals surface area contributed by atoms with Crippen LogP contribution in [0, 0.1) is 6.92 Å². The van der Waals surface area contributed by atoms with Crippen molar-refractivity contribution in [2.45, 2.75) is 38.8 Å². The summed E-state index contributed by atoms with van der Waals surface area (Å²) in [6.45, 7) is 4.97. The Balaban J connectivity index is 1.35. The van der Waals surface area contributed by atoms with E-state index in [9.17, 15) is 0 Å². The second-order valence-electron chi connectivity index (χ2n) is 6.54. The van der Waals surface area contributed by atoms with Gasteiger partial charge in [0.1, 0.15) is 0 Å². The highest BCUT2D eigenvalue weighted by atomic mass is 15.4. The monoisotopic (exact) mass is 298 g/mol. The third-order valence-corrected chi connectivity index (χ3v) is 4.79. The fourth-order valence-electron chi connectivity index (χ4n) is 3.33. The van der Waals surface area contributed by atoms with Gasteiger partial charge in [-0.15, -0.1) is 5.10 Å². The highest BCUT2D eigenvalue weighted by Gasteiger charge is 2.32. The van der Waals surface area contributed by atoms with Crippen LogP contribution in [0.25, 0.3) is 0 Å². The first-order valence-electron chi connectivity index (χ1n) is 8.00. The molecule has 6 heteroatoms. The van der Waals surface area contributed by atoms with Crippen LogP contribution in [0.15, 0.2) is 12.1 Å². The highest BCUT2D eigenvalue weighted by Crippen LogP contribution is 2.26. The lowest BCUT2D eigenvalue weighted by molar-refractivity contribution is 0.194. The minimum absolute atomic E-state index is 0.562. The number of likely N-dealkylation sites (N-methyl/N-ethyl adjacent to an activating group) is 1. The van der Waals surface area contributed by atoms with Gasteiger partial charge in [0.2, 0.25) is 0 Å². The molecule has 0 unspecified atom stereocenters. The number of nitrogens with zero attached hydrogens (tertiary/aromatic N) is 5. The van der Waals surface area contributed by atoms with Crippen LogP contribution in [0.1, 0.15) is 29.1 Å². The molecule has 2 aliphatic rings. The first-order chi connectivity index (χ1) is 10.7. The van der Waals surface area contributed by atoms with E-state index in [0.717, 1.165) is 49.7 Å². The summed E-state index contributed by atoms with van der Waals surface area (Å²) >= 11 is 0. The quantitative estimate of drug-likeness (QED) is 0.922. The molecule has 0 radical (unpaired) electrons. The molecule has 1 aliphatic carbocycles. The number of rotatable bonds is 4. The summed E-state index contributed by atoms with van der Waals surface area (Å²) in [6.07, 6.45) is 3.48. The van der Waals surface area contributed by atoms with Gasteiger partial charge in [0.05, 0.1) is 11.4 Å². The van der Waals surface area contributed by atoms with Gasteiger partial charge < -0.3 is 4.90 Å². The number of anilines is 1. The Hall–Kier alpha value is -1.95. The van der Waals surface area contributed by atoms with Crippen molar-refractivity contribution in [2.24, 2.45) is 0 Å². The van der Waals surface area contributed by atoms with Gasteiger partial charge in [0.15, 0.2) is 5.82 Å². The molecule has 0 bridgehead atoms. The molecule has 1 aliphatic heterocycles. The Morgan fingerprint density at radius 2 is 2.14 bits per heavy atom. The number of nitrogens with one attached hydrogen (secondary N) is 1. The number of aryl methyl sites for hydroxylation is 3. The summed E-state index contributed by atoms with van der Waals surface area (Å²) in [5.74, 6) is 1.04. The van der Waals surface area contributed by atoms with Crippen molar-refractivity contribution in [2.75, 3.05) is 25.0 Å². The van der Waals surface area contributed by atoms with Gasteiger partial charge in [-0.1, -0.05) is 0 Å². The van der Waals surface area contributed by atoms with Crippen molar-refractivity contribution in [1.82, 2.24) is 25.3 Å². The van der Waals surface area contributed by atoms with E-state index in [1.807, 2.05) is 6.92 Å². The summed E-state index contributed by atoms with van der Waals surface area (Å²) in [4.78, 5) is 4.69. The lowest BCUT2D eigenvalue weighted by Gasteiger charge is -2.44.